The van der Waals surface area contributed by atoms with Crippen LogP contribution in [0.15, 0.2) is 0 Å². The largest absolute Gasteiger partial charge is 0.490 e. The zero-order valence-corrected chi connectivity index (χ0v) is 13.8. The number of hydrogen-bond acceptors (Lipinski definition) is 6. The average molecular weight is 357 g/mol. The van der Waals surface area contributed by atoms with Gasteiger partial charge >= 0.3 is 24.1 Å². The molecule has 1 aliphatic carbocycles. The SMILES string of the molecule is COC(=O)C(N)C1CC(C(=O)OC(C)(C)C)C1.O=C(O)C(F)(F)F. The van der Waals surface area contributed by atoms with E-state index >= 15 is 0 Å². The lowest BCUT2D eigenvalue weighted by Crippen LogP contribution is -2.47. The summed E-state index contributed by atoms with van der Waals surface area (Å²) >= 11 is 0. The molecule has 10 heteroatoms. The maximum Gasteiger partial charge on any atom is 0.490 e. The highest BCUT2D eigenvalue weighted by Gasteiger charge is 2.42. The highest BCUT2D eigenvalue weighted by molar-refractivity contribution is 5.78. The highest BCUT2D eigenvalue weighted by atomic mass is 19.4. The smallest absolute Gasteiger partial charge is 0.475 e. The van der Waals surface area contributed by atoms with Crippen LogP contribution < -0.4 is 5.73 Å². The summed E-state index contributed by atoms with van der Waals surface area (Å²) in [4.78, 5) is 31.8. The second kappa shape index (κ2) is 8.32. The Balaban J connectivity index is 0.000000640. The van der Waals surface area contributed by atoms with Gasteiger partial charge in [0.15, 0.2) is 0 Å². The normalized spacial score (nSPS) is 21.5. The van der Waals surface area contributed by atoms with Gasteiger partial charge in [0.2, 0.25) is 0 Å². The van der Waals surface area contributed by atoms with Crippen molar-refractivity contribution in [2.75, 3.05) is 7.11 Å². The van der Waals surface area contributed by atoms with E-state index < -0.39 is 29.8 Å². The Hall–Kier alpha value is -1.84. The topological polar surface area (TPSA) is 116 Å². The first-order valence-electron chi connectivity index (χ1n) is 7.05. The summed E-state index contributed by atoms with van der Waals surface area (Å²) in [6.07, 6.45) is -3.88. The molecule has 3 N–H and O–H groups in total. The molecule has 140 valence electrons. The van der Waals surface area contributed by atoms with E-state index in [1.807, 2.05) is 20.8 Å². The Morgan fingerprint density at radius 3 is 1.88 bits per heavy atom. The molecule has 0 saturated heterocycles. The molecule has 0 aromatic rings. The fraction of sp³-hybridized carbons (Fsp3) is 0.786. The first kappa shape index (κ1) is 22.2. The van der Waals surface area contributed by atoms with Crippen molar-refractivity contribution in [1.29, 1.82) is 0 Å². The van der Waals surface area contributed by atoms with Gasteiger partial charge in [-0.05, 0) is 39.5 Å². The number of esters is 2. The number of halogens is 3. The summed E-state index contributed by atoms with van der Waals surface area (Å²) in [5.74, 6) is -3.48. The van der Waals surface area contributed by atoms with Crippen molar-refractivity contribution in [2.45, 2.75) is 51.4 Å². The summed E-state index contributed by atoms with van der Waals surface area (Å²) in [6, 6.07) is -0.626. The minimum atomic E-state index is -5.08. The lowest BCUT2D eigenvalue weighted by molar-refractivity contribution is -0.192. The van der Waals surface area contributed by atoms with Crippen LogP contribution in [0.4, 0.5) is 13.2 Å². The average Bonchev–Trinajstić information content (AvgIpc) is 2.33. The van der Waals surface area contributed by atoms with Crippen molar-refractivity contribution < 1.29 is 42.1 Å². The summed E-state index contributed by atoms with van der Waals surface area (Å²) in [5, 5.41) is 7.12. The van der Waals surface area contributed by atoms with E-state index in [1.165, 1.54) is 7.11 Å². The lowest BCUT2D eigenvalue weighted by Gasteiger charge is -2.37. The monoisotopic (exact) mass is 357 g/mol. The van der Waals surface area contributed by atoms with E-state index in [1.54, 1.807) is 0 Å². The van der Waals surface area contributed by atoms with Crippen molar-refractivity contribution in [3.63, 3.8) is 0 Å². The molecule has 1 aliphatic rings. The molecule has 7 nitrogen and oxygen atoms in total. The van der Waals surface area contributed by atoms with Crippen molar-refractivity contribution >= 4 is 17.9 Å². The van der Waals surface area contributed by atoms with Crippen molar-refractivity contribution in [1.82, 2.24) is 0 Å². The molecule has 0 amide bonds. The second-order valence-corrected chi connectivity index (χ2v) is 6.31. The second-order valence-electron chi connectivity index (χ2n) is 6.31. The van der Waals surface area contributed by atoms with Crippen molar-refractivity contribution in [2.24, 2.45) is 17.6 Å². The Morgan fingerprint density at radius 2 is 1.58 bits per heavy atom. The van der Waals surface area contributed by atoms with Crippen LogP contribution in [-0.4, -0.2) is 47.9 Å². The molecule has 1 rings (SSSR count). The zero-order chi connectivity index (χ0) is 19.3. The first-order chi connectivity index (χ1) is 10.7. The van der Waals surface area contributed by atoms with Crippen LogP contribution in [0.1, 0.15) is 33.6 Å². The summed E-state index contributed by atoms with van der Waals surface area (Å²) in [6.45, 7) is 5.50. The van der Waals surface area contributed by atoms with E-state index in [0.717, 1.165) is 0 Å². The number of carboxylic acid groups (broad SMARTS) is 1. The zero-order valence-electron chi connectivity index (χ0n) is 13.8. The molecule has 0 aliphatic heterocycles. The molecular weight excluding hydrogens is 335 g/mol. The molecule has 0 spiro atoms. The lowest BCUT2D eigenvalue weighted by atomic mass is 9.71. The van der Waals surface area contributed by atoms with E-state index in [2.05, 4.69) is 4.74 Å². The van der Waals surface area contributed by atoms with Crippen molar-refractivity contribution in [3.8, 4) is 0 Å². The third kappa shape index (κ3) is 7.62. The number of nitrogens with two attached hydrogens (primary N) is 1. The Morgan fingerprint density at radius 1 is 1.17 bits per heavy atom. The van der Waals surface area contributed by atoms with Gasteiger partial charge < -0.3 is 20.3 Å². The van der Waals surface area contributed by atoms with Gasteiger partial charge in [-0.3, -0.25) is 9.59 Å². The predicted octanol–water partition coefficient (Wildman–Crippen LogP) is 1.49. The van der Waals surface area contributed by atoms with Gasteiger partial charge in [-0.1, -0.05) is 0 Å². The molecular formula is C14H22F3NO6. The van der Waals surface area contributed by atoms with E-state index in [-0.39, 0.29) is 17.8 Å². The summed E-state index contributed by atoms with van der Waals surface area (Å²) in [5.41, 5.74) is 5.23. The maximum atomic E-state index is 11.7. The molecule has 0 aromatic heterocycles. The fourth-order valence-corrected chi connectivity index (χ4v) is 1.86. The molecule has 0 aromatic carbocycles. The number of carboxylic acids is 1. The van der Waals surface area contributed by atoms with Gasteiger partial charge in [-0.15, -0.1) is 0 Å². The number of ether oxygens (including phenoxy) is 2. The Bertz CT molecular complexity index is 466. The molecule has 1 saturated carbocycles. The number of rotatable bonds is 3. The number of carbonyl (C=O) groups excluding carboxylic acids is 2. The predicted molar refractivity (Wildman–Crippen MR) is 75.7 cm³/mol. The van der Waals surface area contributed by atoms with Gasteiger partial charge in [-0.25, -0.2) is 4.79 Å². The van der Waals surface area contributed by atoms with Crippen LogP contribution in [0, 0.1) is 11.8 Å². The van der Waals surface area contributed by atoms with Crippen LogP contribution in [-0.2, 0) is 23.9 Å². The Labute approximate surface area is 137 Å². The molecule has 1 fully saturated rings. The molecule has 1 atom stereocenters. The van der Waals surface area contributed by atoms with Crippen LogP contribution in [0.25, 0.3) is 0 Å². The van der Waals surface area contributed by atoms with Gasteiger partial charge in [0.25, 0.3) is 0 Å². The first-order valence-corrected chi connectivity index (χ1v) is 7.05. The molecule has 0 bridgehead atoms. The van der Waals surface area contributed by atoms with E-state index in [9.17, 15) is 22.8 Å². The highest BCUT2D eigenvalue weighted by Crippen LogP contribution is 2.37. The third-order valence-corrected chi connectivity index (χ3v) is 3.14. The standard InChI is InChI=1S/C12H21NO4.C2HF3O2/c1-12(2,3)17-10(14)8-5-7(6-8)9(13)11(15)16-4;3-2(4,5)1(6)7/h7-9H,5-6,13H2,1-4H3;(H,6,7). The van der Waals surface area contributed by atoms with Gasteiger partial charge in [0.05, 0.1) is 13.0 Å². The number of methoxy groups -OCH3 is 1. The van der Waals surface area contributed by atoms with E-state index in [4.69, 9.17) is 20.4 Å². The molecule has 0 heterocycles. The van der Waals surface area contributed by atoms with Crippen LogP contribution in [0.3, 0.4) is 0 Å². The van der Waals surface area contributed by atoms with E-state index in [0.29, 0.717) is 12.8 Å². The molecule has 1 unspecified atom stereocenters. The minimum Gasteiger partial charge on any atom is -0.475 e. The number of aliphatic carboxylic acids is 1. The van der Waals surface area contributed by atoms with Gasteiger partial charge in [-0.2, -0.15) is 13.2 Å². The van der Waals surface area contributed by atoms with Gasteiger partial charge in [0, 0.05) is 0 Å². The summed E-state index contributed by atoms with van der Waals surface area (Å²) in [7, 11) is 1.31. The van der Waals surface area contributed by atoms with Crippen LogP contribution in [0.2, 0.25) is 0 Å². The third-order valence-electron chi connectivity index (χ3n) is 3.14. The fourth-order valence-electron chi connectivity index (χ4n) is 1.86. The number of alkyl halides is 3. The van der Waals surface area contributed by atoms with Gasteiger partial charge in [0.1, 0.15) is 11.6 Å². The minimum absolute atomic E-state index is 0.0277. The summed E-state index contributed by atoms with van der Waals surface area (Å²) < 4.78 is 41.6. The molecule has 0 radical (unpaired) electrons. The van der Waals surface area contributed by atoms with Crippen molar-refractivity contribution in [3.05, 3.63) is 0 Å². The number of hydrogen-bond donors (Lipinski definition) is 2. The quantitative estimate of drug-likeness (QED) is 0.735. The molecule has 24 heavy (non-hydrogen) atoms. The van der Waals surface area contributed by atoms with Crippen LogP contribution >= 0.6 is 0 Å². The number of carbonyl (C=O) groups is 3. The van der Waals surface area contributed by atoms with Crippen LogP contribution in [0.5, 0.6) is 0 Å². The Kier molecular flexibility index (Phi) is 7.68. The maximum absolute atomic E-state index is 11.7.